The van der Waals surface area contributed by atoms with Crippen LogP contribution in [0.1, 0.15) is 6.92 Å². The number of esters is 1. The molecule has 1 heterocycles. The number of carbonyl (C=O) groups excluding carboxylic acids is 1. The van der Waals surface area contributed by atoms with Gasteiger partial charge in [0.1, 0.15) is 0 Å². The minimum atomic E-state index is -0.574. The van der Waals surface area contributed by atoms with E-state index in [9.17, 15) is 9.59 Å². The molecular formula is C5H5NO4S. The molecule has 0 saturated heterocycles. The molecule has 0 aliphatic heterocycles. The number of ether oxygens (including phenoxy) is 1. The van der Waals surface area contributed by atoms with Gasteiger partial charge in [0.15, 0.2) is 0 Å². The van der Waals surface area contributed by atoms with E-state index in [1.807, 2.05) is 0 Å². The minimum absolute atomic E-state index is 0.0949. The smallest absolute Gasteiger partial charge is 0.310 e. The molecule has 0 aliphatic carbocycles. The van der Waals surface area contributed by atoms with Crippen molar-refractivity contribution in [2.75, 3.05) is 0 Å². The summed E-state index contributed by atoms with van der Waals surface area (Å²) in [5.41, 5.74) is 0. The number of nitrogens with one attached hydrogen (secondary N) is 1. The van der Waals surface area contributed by atoms with Gasteiger partial charge in [0.25, 0.3) is 0 Å². The molecule has 1 aromatic rings. The molecule has 2 N–H and O–H groups in total. The lowest BCUT2D eigenvalue weighted by Crippen LogP contribution is -1.99. The Morgan fingerprint density at radius 1 is 1.73 bits per heavy atom. The molecule has 1 rings (SSSR count). The molecule has 0 spiro atoms. The summed E-state index contributed by atoms with van der Waals surface area (Å²) in [5, 5.41) is 8.76. The summed E-state index contributed by atoms with van der Waals surface area (Å²) in [5.74, 6) is -0.981. The monoisotopic (exact) mass is 175 g/mol. The fraction of sp³-hybridized carbons (Fsp3) is 0.200. The Bertz CT molecular complexity index is 325. The van der Waals surface area contributed by atoms with E-state index in [0.717, 1.165) is 0 Å². The largest absolute Gasteiger partial charge is 0.491 e. The quantitative estimate of drug-likeness (QED) is 0.592. The van der Waals surface area contributed by atoms with Crippen LogP contribution in [0.2, 0.25) is 0 Å². The number of aromatic amines is 1. The van der Waals surface area contributed by atoms with Crippen LogP contribution in [-0.2, 0) is 4.79 Å². The molecule has 1 aromatic heterocycles. The highest BCUT2D eigenvalue weighted by molar-refractivity contribution is 7.11. The van der Waals surface area contributed by atoms with Crippen LogP contribution < -0.4 is 9.61 Å². The summed E-state index contributed by atoms with van der Waals surface area (Å²) < 4.78 is 4.46. The van der Waals surface area contributed by atoms with Crippen LogP contribution in [-0.4, -0.2) is 16.1 Å². The highest BCUT2D eigenvalue weighted by atomic mass is 32.1. The Kier molecular flexibility index (Phi) is 1.95. The van der Waals surface area contributed by atoms with E-state index < -0.39 is 16.7 Å². The van der Waals surface area contributed by atoms with Gasteiger partial charge < -0.3 is 9.84 Å². The lowest BCUT2D eigenvalue weighted by molar-refractivity contribution is -0.131. The van der Waals surface area contributed by atoms with Crippen molar-refractivity contribution in [1.29, 1.82) is 0 Å². The first-order valence-corrected chi connectivity index (χ1v) is 3.51. The average molecular weight is 175 g/mol. The highest BCUT2D eigenvalue weighted by Gasteiger charge is 2.09. The maximum absolute atomic E-state index is 10.5. The van der Waals surface area contributed by atoms with Gasteiger partial charge in [-0.05, 0) is 11.3 Å². The molecule has 0 atom stereocenters. The zero-order valence-corrected chi connectivity index (χ0v) is 6.40. The van der Waals surface area contributed by atoms with Crippen molar-refractivity contribution in [3.8, 4) is 10.9 Å². The van der Waals surface area contributed by atoms with Gasteiger partial charge in [0, 0.05) is 6.92 Å². The standard InChI is InChI=1S/C5H5NO4S/c1-2(7)10-4-3(8)6-5(9)11-4/h8H,1H3,(H,6,9). The van der Waals surface area contributed by atoms with Gasteiger partial charge in [0.2, 0.25) is 10.9 Å². The van der Waals surface area contributed by atoms with E-state index in [4.69, 9.17) is 5.11 Å². The van der Waals surface area contributed by atoms with Gasteiger partial charge in [-0.3, -0.25) is 14.6 Å². The van der Waals surface area contributed by atoms with Crippen molar-refractivity contribution in [2.45, 2.75) is 6.92 Å². The van der Waals surface area contributed by atoms with Crippen molar-refractivity contribution >= 4 is 17.3 Å². The van der Waals surface area contributed by atoms with Crippen LogP contribution in [0.4, 0.5) is 0 Å². The number of carbonyl (C=O) groups is 1. The number of rotatable bonds is 1. The van der Waals surface area contributed by atoms with Crippen LogP contribution in [0, 0.1) is 0 Å². The van der Waals surface area contributed by atoms with Crippen molar-refractivity contribution in [3.63, 3.8) is 0 Å². The van der Waals surface area contributed by atoms with Crippen molar-refractivity contribution in [1.82, 2.24) is 4.98 Å². The third-order valence-electron chi connectivity index (χ3n) is 0.836. The van der Waals surface area contributed by atoms with E-state index >= 15 is 0 Å². The summed E-state index contributed by atoms with van der Waals surface area (Å²) in [6, 6.07) is 0. The second-order valence-electron chi connectivity index (χ2n) is 1.74. The predicted octanol–water partition coefficient (Wildman–Crippen LogP) is 0.0673. The maximum atomic E-state index is 10.5. The number of aromatic nitrogens is 1. The topological polar surface area (TPSA) is 79.4 Å². The number of thiazole rings is 1. The Labute approximate surface area is 65.3 Å². The zero-order chi connectivity index (χ0) is 8.43. The molecule has 0 unspecified atom stereocenters. The van der Waals surface area contributed by atoms with Crippen molar-refractivity contribution in [3.05, 3.63) is 9.67 Å². The summed E-state index contributed by atoms with van der Waals surface area (Å²) in [6.07, 6.45) is 0. The Morgan fingerprint density at radius 2 is 2.36 bits per heavy atom. The lowest BCUT2D eigenvalue weighted by atomic mass is 10.8. The lowest BCUT2D eigenvalue weighted by Gasteiger charge is -1.93. The third kappa shape index (κ3) is 1.81. The second kappa shape index (κ2) is 2.75. The number of hydrogen-bond acceptors (Lipinski definition) is 5. The third-order valence-corrected chi connectivity index (χ3v) is 1.59. The van der Waals surface area contributed by atoms with Crippen molar-refractivity contribution < 1.29 is 14.6 Å². The first-order valence-electron chi connectivity index (χ1n) is 2.70. The fourth-order valence-corrected chi connectivity index (χ4v) is 1.13. The predicted molar refractivity (Wildman–Crippen MR) is 37.9 cm³/mol. The van der Waals surface area contributed by atoms with Gasteiger partial charge in [-0.15, -0.1) is 0 Å². The van der Waals surface area contributed by atoms with E-state index in [-0.39, 0.29) is 5.06 Å². The van der Waals surface area contributed by atoms with Gasteiger partial charge in [0.05, 0.1) is 0 Å². The summed E-state index contributed by atoms with van der Waals surface area (Å²) >= 11 is 0.639. The second-order valence-corrected chi connectivity index (χ2v) is 2.69. The van der Waals surface area contributed by atoms with E-state index in [1.54, 1.807) is 0 Å². The van der Waals surface area contributed by atoms with Crippen LogP contribution in [0.15, 0.2) is 4.79 Å². The summed E-state index contributed by atoms with van der Waals surface area (Å²) in [6.45, 7) is 1.18. The molecule has 60 valence electrons. The van der Waals surface area contributed by atoms with Crippen LogP contribution in [0.5, 0.6) is 10.9 Å². The molecule has 0 bridgehead atoms. The minimum Gasteiger partial charge on any atom is -0.491 e. The summed E-state index contributed by atoms with van der Waals surface area (Å²) in [4.78, 5) is 22.4. The number of hydrogen-bond donors (Lipinski definition) is 2. The maximum Gasteiger partial charge on any atom is 0.310 e. The van der Waals surface area contributed by atoms with Gasteiger partial charge in [-0.25, -0.2) is 0 Å². The SMILES string of the molecule is CC(=O)Oc1sc(=O)[nH]c1O. The first kappa shape index (κ1) is 7.80. The van der Waals surface area contributed by atoms with Crippen molar-refractivity contribution in [2.24, 2.45) is 0 Å². The molecule has 5 nitrogen and oxygen atoms in total. The Morgan fingerprint density at radius 3 is 2.73 bits per heavy atom. The Balaban J connectivity index is 2.94. The number of aromatic hydroxyl groups is 1. The average Bonchev–Trinajstić information content (AvgIpc) is 2.09. The molecule has 0 aromatic carbocycles. The first-order chi connectivity index (χ1) is 5.09. The molecule has 0 radical (unpaired) electrons. The fourth-order valence-electron chi connectivity index (χ4n) is 0.505. The molecule has 0 amide bonds. The molecular weight excluding hydrogens is 170 g/mol. The molecule has 0 saturated carbocycles. The van der Waals surface area contributed by atoms with Crippen LogP contribution in [0.3, 0.4) is 0 Å². The van der Waals surface area contributed by atoms with E-state index in [0.29, 0.717) is 11.3 Å². The molecule has 11 heavy (non-hydrogen) atoms. The van der Waals surface area contributed by atoms with Gasteiger partial charge in [-0.1, -0.05) is 0 Å². The Hall–Kier alpha value is -1.30. The molecule has 6 heteroatoms. The van der Waals surface area contributed by atoms with Gasteiger partial charge in [-0.2, -0.15) is 0 Å². The van der Waals surface area contributed by atoms with Gasteiger partial charge >= 0.3 is 10.8 Å². The van der Waals surface area contributed by atoms with Crippen LogP contribution >= 0.6 is 11.3 Å². The van der Waals surface area contributed by atoms with E-state index in [2.05, 4.69) is 9.72 Å². The normalized spacial score (nSPS) is 9.55. The zero-order valence-electron chi connectivity index (χ0n) is 5.58. The number of H-pyrrole nitrogens is 1. The molecule has 0 fully saturated rings. The molecule has 0 aliphatic rings. The van der Waals surface area contributed by atoms with E-state index in [1.165, 1.54) is 6.92 Å². The highest BCUT2D eigenvalue weighted by Crippen LogP contribution is 2.25. The van der Waals surface area contributed by atoms with Crippen LogP contribution in [0.25, 0.3) is 0 Å². The summed E-state index contributed by atoms with van der Waals surface area (Å²) in [7, 11) is 0.